The highest BCUT2D eigenvalue weighted by molar-refractivity contribution is 9.10. The molecule has 0 unspecified atom stereocenters. The summed E-state index contributed by atoms with van der Waals surface area (Å²) in [5, 5.41) is 11.9. The Labute approximate surface area is 169 Å². The lowest BCUT2D eigenvalue weighted by molar-refractivity contribution is 0.317. The van der Waals surface area contributed by atoms with Crippen molar-refractivity contribution in [1.82, 2.24) is 9.88 Å². The number of methoxy groups -OCH3 is 1. The topological polar surface area (TPSA) is 58.0 Å². The fraction of sp³-hybridized carbons (Fsp3) is 0.333. The summed E-state index contributed by atoms with van der Waals surface area (Å²) >= 11 is 11.7. The number of hydrogen-bond acceptors (Lipinski definition) is 6. The fourth-order valence-corrected chi connectivity index (χ4v) is 5.27. The van der Waals surface area contributed by atoms with Gasteiger partial charge < -0.3 is 14.7 Å². The van der Waals surface area contributed by atoms with Gasteiger partial charge in [-0.15, -0.1) is 0 Å². The first-order valence-electron chi connectivity index (χ1n) is 8.18. The molecule has 0 spiro atoms. The molecule has 8 heteroatoms. The number of phenolic OH excluding ortho intramolecular Hbond substituents is 1. The Morgan fingerprint density at radius 2 is 2.23 bits per heavy atom. The molecular formula is C18H17BrClN3O2S. The number of aliphatic imine (C=N–C) groups is 1. The van der Waals surface area contributed by atoms with Gasteiger partial charge in [-0.05, 0) is 39.7 Å². The van der Waals surface area contributed by atoms with Gasteiger partial charge in [0.05, 0.1) is 18.8 Å². The number of aromatic hydroxyl groups is 1. The number of amidine groups is 1. The van der Waals surface area contributed by atoms with Gasteiger partial charge in [-0.1, -0.05) is 36.4 Å². The Bertz CT molecular complexity index is 880. The third-order valence-electron chi connectivity index (χ3n) is 4.59. The number of ether oxygens (including phenoxy) is 1. The molecule has 0 bridgehead atoms. The zero-order chi connectivity index (χ0) is 18.4. The van der Waals surface area contributed by atoms with E-state index in [2.05, 4.69) is 32.7 Å². The van der Waals surface area contributed by atoms with Crippen molar-refractivity contribution in [2.75, 3.05) is 13.7 Å². The highest BCUT2D eigenvalue weighted by Crippen LogP contribution is 2.52. The summed E-state index contributed by atoms with van der Waals surface area (Å²) in [4.78, 5) is 11.8. The smallest absolute Gasteiger partial charge is 0.177 e. The van der Waals surface area contributed by atoms with Crippen molar-refractivity contribution in [2.24, 2.45) is 4.99 Å². The molecular weight excluding hydrogens is 438 g/mol. The average Bonchev–Trinajstić information content (AvgIpc) is 3.17. The van der Waals surface area contributed by atoms with E-state index in [1.807, 2.05) is 24.3 Å². The van der Waals surface area contributed by atoms with Gasteiger partial charge >= 0.3 is 0 Å². The van der Waals surface area contributed by atoms with Gasteiger partial charge in [0.15, 0.2) is 16.7 Å². The Hall–Kier alpha value is -1.44. The Kier molecular flexibility index (Phi) is 4.79. The molecule has 2 aromatic rings. The maximum absolute atomic E-state index is 10.2. The lowest BCUT2D eigenvalue weighted by Crippen LogP contribution is -2.29. The maximum atomic E-state index is 10.2. The van der Waals surface area contributed by atoms with Gasteiger partial charge in [0.1, 0.15) is 11.1 Å². The van der Waals surface area contributed by atoms with Crippen LogP contribution in [0.3, 0.4) is 0 Å². The van der Waals surface area contributed by atoms with E-state index in [4.69, 9.17) is 21.3 Å². The van der Waals surface area contributed by atoms with Gasteiger partial charge in [0, 0.05) is 22.5 Å². The predicted molar refractivity (Wildman–Crippen MR) is 108 cm³/mol. The molecule has 136 valence electrons. The molecule has 3 atom stereocenters. The highest BCUT2D eigenvalue weighted by Gasteiger charge is 2.44. The Morgan fingerprint density at radius 1 is 1.42 bits per heavy atom. The monoisotopic (exact) mass is 453 g/mol. The van der Waals surface area contributed by atoms with Crippen LogP contribution in [0.15, 0.2) is 39.9 Å². The number of fused-ring (bicyclic) bond motifs is 1. The molecule has 2 aliphatic heterocycles. The highest BCUT2D eigenvalue weighted by atomic mass is 79.9. The Morgan fingerprint density at radius 3 is 2.92 bits per heavy atom. The van der Waals surface area contributed by atoms with Crippen molar-refractivity contribution >= 4 is 44.5 Å². The van der Waals surface area contributed by atoms with Crippen molar-refractivity contribution in [3.8, 4) is 11.5 Å². The summed E-state index contributed by atoms with van der Waals surface area (Å²) in [7, 11) is 1.52. The second-order valence-electron chi connectivity index (χ2n) is 6.28. The number of phenols is 1. The van der Waals surface area contributed by atoms with Gasteiger partial charge in [-0.2, -0.15) is 0 Å². The van der Waals surface area contributed by atoms with Crippen LogP contribution in [0.1, 0.15) is 30.3 Å². The van der Waals surface area contributed by atoms with E-state index in [1.165, 1.54) is 7.11 Å². The number of halogens is 2. The summed E-state index contributed by atoms with van der Waals surface area (Å²) < 4.78 is 5.98. The molecule has 1 aromatic carbocycles. The van der Waals surface area contributed by atoms with Crippen molar-refractivity contribution in [2.45, 2.75) is 24.3 Å². The van der Waals surface area contributed by atoms with E-state index in [1.54, 1.807) is 18.0 Å². The standard InChI is InChI=1S/C18H17BrClN3O2S/c1-9-8-23-16(10-7-12(25-2)17(24)14(20)13(10)19)15(22-18(23)26-9)11-5-3-4-6-21-11/h3-7,9,15-16,24H,8H2,1-2H3/t9-,15+,16-/m1/s1. The summed E-state index contributed by atoms with van der Waals surface area (Å²) in [5.74, 6) is 0.281. The molecule has 1 fully saturated rings. The normalized spacial score (nSPS) is 24.5. The van der Waals surface area contributed by atoms with E-state index in [9.17, 15) is 5.11 Å². The van der Waals surface area contributed by atoms with Gasteiger partial charge in [0.2, 0.25) is 0 Å². The third-order valence-corrected chi connectivity index (χ3v) is 7.15. The largest absolute Gasteiger partial charge is 0.503 e. The van der Waals surface area contributed by atoms with Crippen LogP contribution in [0.5, 0.6) is 11.5 Å². The third kappa shape index (κ3) is 2.86. The molecule has 5 nitrogen and oxygen atoms in total. The number of thioether (sulfide) groups is 1. The SMILES string of the molecule is COc1cc([C@@H]2[C@H](c3ccccn3)N=C3S[C@H](C)CN32)c(Br)c(Cl)c1O. The van der Waals surface area contributed by atoms with Crippen LogP contribution < -0.4 is 4.74 Å². The molecule has 4 rings (SSSR count). The molecule has 1 saturated heterocycles. The summed E-state index contributed by atoms with van der Waals surface area (Å²) in [6.07, 6.45) is 1.78. The molecule has 1 N–H and O–H groups in total. The van der Waals surface area contributed by atoms with Crippen molar-refractivity contribution in [3.05, 3.63) is 51.2 Å². The minimum absolute atomic E-state index is 0.0671. The Balaban J connectivity index is 1.86. The predicted octanol–water partition coefficient (Wildman–Crippen LogP) is 4.80. The zero-order valence-corrected chi connectivity index (χ0v) is 17.3. The first-order valence-corrected chi connectivity index (χ1v) is 10.2. The van der Waals surface area contributed by atoms with E-state index in [0.29, 0.717) is 15.5 Å². The molecule has 26 heavy (non-hydrogen) atoms. The van der Waals surface area contributed by atoms with Crippen molar-refractivity contribution < 1.29 is 9.84 Å². The molecule has 0 saturated carbocycles. The van der Waals surface area contributed by atoms with Crippen LogP contribution in [0.2, 0.25) is 5.02 Å². The van der Waals surface area contributed by atoms with Crippen LogP contribution in [-0.2, 0) is 0 Å². The van der Waals surface area contributed by atoms with Crippen LogP contribution >= 0.6 is 39.3 Å². The van der Waals surface area contributed by atoms with E-state index in [-0.39, 0.29) is 22.9 Å². The minimum Gasteiger partial charge on any atom is -0.503 e. The molecule has 0 radical (unpaired) electrons. The molecule has 0 aliphatic carbocycles. The van der Waals surface area contributed by atoms with Gasteiger partial charge in [-0.25, -0.2) is 0 Å². The fourth-order valence-electron chi connectivity index (χ4n) is 3.44. The van der Waals surface area contributed by atoms with E-state index in [0.717, 1.165) is 23.0 Å². The zero-order valence-electron chi connectivity index (χ0n) is 14.2. The average molecular weight is 455 g/mol. The molecule has 3 heterocycles. The van der Waals surface area contributed by atoms with E-state index < -0.39 is 0 Å². The summed E-state index contributed by atoms with van der Waals surface area (Å²) in [6.45, 7) is 3.09. The lowest BCUT2D eigenvalue weighted by atomic mass is 9.96. The van der Waals surface area contributed by atoms with Gasteiger partial charge in [-0.3, -0.25) is 9.98 Å². The van der Waals surface area contributed by atoms with Crippen molar-refractivity contribution in [1.29, 1.82) is 0 Å². The van der Waals surface area contributed by atoms with Crippen LogP contribution in [0.25, 0.3) is 0 Å². The van der Waals surface area contributed by atoms with Crippen LogP contribution in [0.4, 0.5) is 0 Å². The van der Waals surface area contributed by atoms with E-state index >= 15 is 0 Å². The number of hydrogen-bond donors (Lipinski definition) is 1. The second-order valence-corrected chi connectivity index (χ2v) is 8.86. The summed E-state index contributed by atoms with van der Waals surface area (Å²) in [5.41, 5.74) is 1.83. The lowest BCUT2D eigenvalue weighted by Gasteiger charge is -2.29. The summed E-state index contributed by atoms with van der Waals surface area (Å²) in [6, 6.07) is 7.47. The van der Waals surface area contributed by atoms with Crippen molar-refractivity contribution in [3.63, 3.8) is 0 Å². The first kappa shape index (κ1) is 17.9. The number of benzene rings is 1. The molecule has 1 aromatic heterocycles. The molecule has 2 aliphatic rings. The van der Waals surface area contributed by atoms with Gasteiger partial charge in [0.25, 0.3) is 0 Å². The number of pyridine rings is 1. The maximum Gasteiger partial charge on any atom is 0.177 e. The first-order chi connectivity index (χ1) is 12.5. The van der Waals surface area contributed by atoms with Crippen LogP contribution in [0, 0.1) is 0 Å². The minimum atomic E-state index is -0.146. The number of rotatable bonds is 3. The quantitative estimate of drug-likeness (QED) is 0.722. The number of nitrogens with zero attached hydrogens (tertiary/aromatic N) is 3. The number of aromatic nitrogens is 1. The van der Waals surface area contributed by atoms with Crippen LogP contribution in [-0.4, -0.2) is 39.1 Å². The molecule has 0 amide bonds. The second kappa shape index (κ2) is 6.94.